The van der Waals surface area contributed by atoms with Gasteiger partial charge in [0.15, 0.2) is 6.04 Å². The van der Waals surface area contributed by atoms with E-state index in [1.54, 1.807) is 0 Å². The van der Waals surface area contributed by atoms with E-state index in [4.69, 9.17) is 4.74 Å². The van der Waals surface area contributed by atoms with E-state index in [9.17, 15) is 14.7 Å². The molecule has 1 amide bonds. The van der Waals surface area contributed by atoms with Crippen molar-refractivity contribution < 1.29 is 19.4 Å². The summed E-state index contributed by atoms with van der Waals surface area (Å²) in [5.41, 5.74) is 0.159. The zero-order chi connectivity index (χ0) is 14.8. The maximum absolute atomic E-state index is 12.4. The number of carboxylic acids is 1. The summed E-state index contributed by atoms with van der Waals surface area (Å²) < 4.78 is 5.71. The average molecular weight is 291 g/mol. The van der Waals surface area contributed by atoms with Gasteiger partial charge in [-0.05, 0) is 25.2 Å². The number of carbonyl (C=O) groups is 2. The van der Waals surface area contributed by atoms with Crippen molar-refractivity contribution in [2.24, 2.45) is 5.92 Å². The Balaban J connectivity index is 1.71. The van der Waals surface area contributed by atoms with Gasteiger partial charge in [-0.1, -0.05) is 0 Å². The first-order valence-corrected chi connectivity index (χ1v) is 7.08. The van der Waals surface area contributed by atoms with E-state index in [0.717, 1.165) is 12.8 Å². The quantitative estimate of drug-likeness (QED) is 0.852. The number of rotatable bonds is 5. The Labute approximate surface area is 121 Å². The number of hydrogen-bond acceptors (Lipinski definition) is 5. The van der Waals surface area contributed by atoms with Crippen LogP contribution in [0.3, 0.4) is 0 Å². The van der Waals surface area contributed by atoms with E-state index in [1.165, 1.54) is 23.5 Å². The van der Waals surface area contributed by atoms with E-state index >= 15 is 0 Å². The molecule has 1 aliphatic heterocycles. The first-order chi connectivity index (χ1) is 10.2. The van der Waals surface area contributed by atoms with Gasteiger partial charge in [0, 0.05) is 25.5 Å². The summed E-state index contributed by atoms with van der Waals surface area (Å²) in [5, 5.41) is 9.42. The minimum absolute atomic E-state index is 0.159. The van der Waals surface area contributed by atoms with Gasteiger partial charge in [-0.15, -0.1) is 0 Å². The molecule has 2 fully saturated rings. The number of ether oxygens (including phenoxy) is 1. The topological polar surface area (TPSA) is 92.6 Å². The Morgan fingerprint density at radius 1 is 1.33 bits per heavy atom. The predicted molar refractivity (Wildman–Crippen MR) is 71.6 cm³/mol. The number of amides is 1. The molecule has 1 saturated carbocycles. The number of aliphatic carboxylic acids is 1. The molecule has 2 aliphatic rings. The van der Waals surface area contributed by atoms with Gasteiger partial charge in [0.05, 0.1) is 12.3 Å². The molecule has 7 heteroatoms. The summed E-state index contributed by atoms with van der Waals surface area (Å²) in [4.78, 5) is 33.0. The molecular weight excluding hydrogens is 274 g/mol. The van der Waals surface area contributed by atoms with Gasteiger partial charge >= 0.3 is 5.97 Å². The van der Waals surface area contributed by atoms with E-state index in [2.05, 4.69) is 9.97 Å². The smallest absolute Gasteiger partial charge is 0.329 e. The van der Waals surface area contributed by atoms with Crippen LogP contribution in [0.5, 0.6) is 0 Å². The molecule has 1 aromatic heterocycles. The third-order valence-corrected chi connectivity index (χ3v) is 3.88. The fraction of sp³-hybridized carbons (Fsp3) is 0.571. The van der Waals surface area contributed by atoms with Crippen molar-refractivity contribution in [1.29, 1.82) is 0 Å². The van der Waals surface area contributed by atoms with Gasteiger partial charge in [0.1, 0.15) is 5.69 Å². The molecule has 1 aromatic rings. The van der Waals surface area contributed by atoms with Crippen LogP contribution in [0.15, 0.2) is 18.6 Å². The molecule has 21 heavy (non-hydrogen) atoms. The van der Waals surface area contributed by atoms with Gasteiger partial charge < -0.3 is 14.7 Å². The zero-order valence-corrected chi connectivity index (χ0v) is 11.5. The van der Waals surface area contributed by atoms with Crippen molar-refractivity contribution in [3.8, 4) is 0 Å². The summed E-state index contributed by atoms with van der Waals surface area (Å²) in [7, 11) is 0. The Kier molecular flexibility index (Phi) is 3.83. The lowest BCUT2D eigenvalue weighted by Crippen LogP contribution is -2.46. The largest absolute Gasteiger partial charge is 0.480 e. The summed E-state index contributed by atoms with van der Waals surface area (Å²) >= 11 is 0. The summed E-state index contributed by atoms with van der Waals surface area (Å²) in [6, 6.07) is -0.946. The van der Waals surface area contributed by atoms with Crippen molar-refractivity contribution in [2.45, 2.75) is 31.4 Å². The van der Waals surface area contributed by atoms with Gasteiger partial charge in [0.25, 0.3) is 5.91 Å². The average Bonchev–Trinajstić information content (AvgIpc) is 3.23. The van der Waals surface area contributed by atoms with Gasteiger partial charge in [-0.3, -0.25) is 9.78 Å². The van der Waals surface area contributed by atoms with E-state index in [-0.39, 0.29) is 5.69 Å². The number of carbonyl (C=O) groups excluding carboxylic acids is 1. The zero-order valence-electron chi connectivity index (χ0n) is 11.5. The van der Waals surface area contributed by atoms with E-state index in [1.807, 2.05) is 0 Å². The minimum Gasteiger partial charge on any atom is -0.480 e. The Bertz CT molecular complexity index is 532. The molecule has 2 heterocycles. The maximum atomic E-state index is 12.4. The fourth-order valence-electron chi connectivity index (χ4n) is 2.56. The van der Waals surface area contributed by atoms with Crippen molar-refractivity contribution in [3.63, 3.8) is 0 Å². The monoisotopic (exact) mass is 291 g/mol. The normalized spacial score (nSPS) is 25.0. The molecule has 7 nitrogen and oxygen atoms in total. The van der Waals surface area contributed by atoms with Crippen LogP contribution < -0.4 is 0 Å². The lowest BCUT2D eigenvalue weighted by molar-refractivity contribution is -0.145. The summed E-state index contributed by atoms with van der Waals surface area (Å²) in [6.07, 6.45) is 6.62. The fourth-order valence-corrected chi connectivity index (χ4v) is 2.56. The molecule has 0 bridgehead atoms. The molecule has 0 radical (unpaired) electrons. The molecular formula is C14H17N3O4. The highest BCUT2D eigenvalue weighted by molar-refractivity contribution is 5.95. The molecule has 1 aliphatic carbocycles. The van der Waals surface area contributed by atoms with Crippen LogP contribution >= 0.6 is 0 Å². The lowest BCUT2D eigenvalue weighted by atomic mass is 10.1. The second-order valence-electron chi connectivity index (χ2n) is 5.48. The van der Waals surface area contributed by atoms with Crippen LogP contribution in [0.2, 0.25) is 0 Å². The minimum atomic E-state index is -1.04. The number of aromatic nitrogens is 2. The highest BCUT2D eigenvalue weighted by atomic mass is 16.5. The van der Waals surface area contributed by atoms with Gasteiger partial charge in [0.2, 0.25) is 0 Å². The maximum Gasteiger partial charge on any atom is 0.329 e. The van der Waals surface area contributed by atoms with Gasteiger partial charge in [-0.25, -0.2) is 9.78 Å². The molecule has 112 valence electrons. The highest BCUT2D eigenvalue weighted by Gasteiger charge is 2.43. The molecule has 1 saturated heterocycles. The van der Waals surface area contributed by atoms with Crippen molar-refractivity contribution in [3.05, 3.63) is 24.3 Å². The molecule has 0 spiro atoms. The van der Waals surface area contributed by atoms with E-state index < -0.39 is 24.0 Å². The standard InChI is InChI=1S/C14H17N3O4/c18-13(10-7-15-4-5-16-10)17-6-3-11(12(17)14(19)20)21-8-9-1-2-9/h4-5,7,9,11-12H,1-3,6,8H2,(H,19,20). The molecule has 1 N–H and O–H groups in total. The molecule has 0 aromatic carbocycles. The molecule has 2 atom stereocenters. The Morgan fingerprint density at radius 3 is 2.76 bits per heavy atom. The number of nitrogens with zero attached hydrogens (tertiary/aromatic N) is 3. The SMILES string of the molecule is O=C(O)C1C(OCC2CC2)CCN1C(=O)c1cnccn1. The van der Waals surface area contributed by atoms with Crippen LogP contribution in [0, 0.1) is 5.92 Å². The van der Waals surface area contributed by atoms with Crippen LogP contribution in [-0.4, -0.2) is 57.1 Å². The summed E-state index contributed by atoms with van der Waals surface area (Å²) in [6.45, 7) is 0.948. The van der Waals surface area contributed by atoms with Crippen LogP contribution in [0.1, 0.15) is 29.8 Å². The second-order valence-corrected chi connectivity index (χ2v) is 5.48. The van der Waals surface area contributed by atoms with Crippen molar-refractivity contribution in [2.75, 3.05) is 13.2 Å². The Hall–Kier alpha value is -2.02. The lowest BCUT2D eigenvalue weighted by Gasteiger charge is -2.24. The molecule has 2 unspecified atom stereocenters. The summed E-state index contributed by atoms with van der Waals surface area (Å²) in [5.74, 6) is -0.886. The predicted octanol–water partition coefficient (Wildman–Crippen LogP) is 0.571. The first-order valence-electron chi connectivity index (χ1n) is 7.08. The Morgan fingerprint density at radius 2 is 2.14 bits per heavy atom. The molecule has 3 rings (SSSR count). The van der Waals surface area contributed by atoms with Crippen LogP contribution in [-0.2, 0) is 9.53 Å². The van der Waals surface area contributed by atoms with Crippen LogP contribution in [0.4, 0.5) is 0 Å². The first kappa shape index (κ1) is 13.9. The van der Waals surface area contributed by atoms with E-state index in [0.29, 0.717) is 25.5 Å². The van der Waals surface area contributed by atoms with Crippen molar-refractivity contribution in [1.82, 2.24) is 14.9 Å². The third kappa shape index (κ3) is 3.02. The highest BCUT2D eigenvalue weighted by Crippen LogP contribution is 2.31. The second kappa shape index (κ2) is 5.77. The van der Waals surface area contributed by atoms with Crippen LogP contribution in [0.25, 0.3) is 0 Å². The number of carboxylic acid groups (broad SMARTS) is 1. The third-order valence-electron chi connectivity index (χ3n) is 3.88. The number of likely N-dealkylation sites (tertiary alicyclic amines) is 1. The van der Waals surface area contributed by atoms with Crippen molar-refractivity contribution >= 4 is 11.9 Å². The van der Waals surface area contributed by atoms with Gasteiger partial charge in [-0.2, -0.15) is 0 Å². The number of hydrogen-bond donors (Lipinski definition) is 1.